The summed E-state index contributed by atoms with van der Waals surface area (Å²) in [5.41, 5.74) is 6.06. The quantitative estimate of drug-likeness (QED) is 0.509. The van der Waals surface area contributed by atoms with E-state index in [0.29, 0.717) is 11.3 Å². The Labute approximate surface area is 161 Å². The number of amides is 1. The summed E-state index contributed by atoms with van der Waals surface area (Å²) >= 11 is 0. The second-order valence-electron chi connectivity index (χ2n) is 6.04. The van der Waals surface area contributed by atoms with E-state index >= 15 is 0 Å². The van der Waals surface area contributed by atoms with Gasteiger partial charge in [-0.25, -0.2) is 8.78 Å². The van der Waals surface area contributed by atoms with Crippen LogP contribution in [0.15, 0.2) is 46.2 Å². The van der Waals surface area contributed by atoms with E-state index < -0.39 is 34.3 Å². The lowest BCUT2D eigenvalue weighted by atomic mass is 10.0. The fraction of sp³-hybridized carbons (Fsp3) is 0.158. The number of carbonyl (C=O) groups excluding carboxylic acids is 1. The summed E-state index contributed by atoms with van der Waals surface area (Å²) in [6.45, 7) is 3.13. The molecule has 1 aromatic heterocycles. The summed E-state index contributed by atoms with van der Waals surface area (Å²) in [6.07, 6.45) is 3.23. The number of aromatic nitrogens is 1. The number of benzene rings is 1. The lowest BCUT2D eigenvalue weighted by Crippen LogP contribution is -2.35. The van der Waals surface area contributed by atoms with Crippen LogP contribution in [0.1, 0.15) is 24.0 Å². The molecule has 1 amide bonds. The molecular weight excluding hydrogens is 387 g/mol. The number of halogens is 2. The number of nitrogens with one attached hydrogen (secondary N) is 1. The van der Waals surface area contributed by atoms with Crippen molar-refractivity contribution in [3.63, 3.8) is 0 Å². The molecule has 3 N–H and O–H groups in total. The summed E-state index contributed by atoms with van der Waals surface area (Å²) < 4.78 is 26.1. The van der Waals surface area contributed by atoms with Crippen molar-refractivity contribution >= 4 is 31.8 Å². The Balaban J connectivity index is 0.000000200. The van der Waals surface area contributed by atoms with Gasteiger partial charge in [-0.15, -0.1) is 0 Å². The number of nitrogens with two attached hydrogens (primary N) is 1. The van der Waals surface area contributed by atoms with Crippen molar-refractivity contribution < 1.29 is 13.6 Å². The smallest absolute Gasteiger partial charge is 0.249 e. The number of hydrogen-bond acceptors (Lipinski definition) is 5. The molecule has 2 atom stereocenters. The van der Waals surface area contributed by atoms with Crippen LogP contribution in [-0.2, 0) is 4.79 Å². The van der Waals surface area contributed by atoms with Gasteiger partial charge in [0.15, 0.2) is 0 Å². The Morgan fingerprint density at radius 1 is 1.14 bits per heavy atom. The third kappa shape index (κ3) is 4.64. The maximum absolute atomic E-state index is 13.1. The predicted molar refractivity (Wildman–Crippen MR) is 107 cm³/mol. The molecule has 3 aromatic rings. The van der Waals surface area contributed by atoms with E-state index in [-0.39, 0.29) is 10.9 Å². The molecule has 9 heteroatoms. The van der Waals surface area contributed by atoms with Gasteiger partial charge in [0.25, 0.3) is 0 Å². The van der Waals surface area contributed by atoms with Gasteiger partial charge in [-0.1, -0.05) is 9.24 Å². The van der Waals surface area contributed by atoms with Crippen molar-refractivity contribution in [1.29, 1.82) is 0 Å². The number of carbonyl (C=O) groups is 1. The molecule has 0 aliphatic heterocycles. The van der Waals surface area contributed by atoms with Gasteiger partial charge in [0, 0.05) is 28.9 Å². The highest BCUT2D eigenvalue weighted by atomic mass is 31.0. The highest BCUT2D eigenvalue weighted by Gasteiger charge is 2.16. The first-order chi connectivity index (χ1) is 13.1. The highest BCUT2D eigenvalue weighted by molar-refractivity contribution is 7.27. The van der Waals surface area contributed by atoms with Crippen LogP contribution >= 0.6 is 9.24 Å². The Hall–Kier alpha value is -2.99. The molecule has 2 aromatic carbocycles. The molecule has 0 saturated heterocycles. The summed E-state index contributed by atoms with van der Waals surface area (Å²) in [5.74, 6) is -2.69. The van der Waals surface area contributed by atoms with Crippen molar-refractivity contribution in [2.45, 2.75) is 19.8 Å². The second kappa shape index (κ2) is 8.80. The number of anilines is 2. The molecule has 146 valence electrons. The van der Waals surface area contributed by atoms with Crippen LogP contribution in [0.3, 0.4) is 0 Å². The van der Waals surface area contributed by atoms with E-state index in [2.05, 4.69) is 10.3 Å². The summed E-state index contributed by atoms with van der Waals surface area (Å²) in [5, 5.41) is 2.74. The van der Waals surface area contributed by atoms with Crippen molar-refractivity contribution in [3.05, 3.63) is 79.9 Å². The minimum Gasteiger partial charge on any atom is -0.369 e. The molecule has 0 aliphatic rings. The van der Waals surface area contributed by atoms with Crippen LogP contribution in [0, 0.1) is 18.6 Å². The van der Waals surface area contributed by atoms with Crippen LogP contribution < -0.4 is 27.2 Å². The standard InChI is InChI=1S/C10H8N2O2.C9H10F2NOP/c1-6-8(10(14)9(6)13)12-7-2-4-11-5-3-7;1-4(9(12)13)5-2-6(10)8(14)7(11)3-5/h2-5H,1H3,(H,11,12);2-4H,14H2,1H3,(H2,12,13). The van der Waals surface area contributed by atoms with E-state index in [1.54, 1.807) is 31.5 Å². The molecule has 0 bridgehead atoms. The molecule has 0 saturated carbocycles. The molecule has 0 fully saturated rings. The topological polar surface area (TPSA) is 102 Å². The highest BCUT2D eigenvalue weighted by Crippen LogP contribution is 2.17. The first-order valence-electron chi connectivity index (χ1n) is 8.14. The van der Waals surface area contributed by atoms with Crippen LogP contribution in [0.2, 0.25) is 0 Å². The van der Waals surface area contributed by atoms with Crippen LogP contribution in [0.25, 0.3) is 0 Å². The van der Waals surface area contributed by atoms with E-state index in [4.69, 9.17) is 5.73 Å². The summed E-state index contributed by atoms with van der Waals surface area (Å²) in [4.78, 5) is 36.6. The fourth-order valence-corrected chi connectivity index (χ4v) is 2.42. The second-order valence-corrected chi connectivity index (χ2v) is 6.62. The van der Waals surface area contributed by atoms with Crippen molar-refractivity contribution in [1.82, 2.24) is 4.98 Å². The average Bonchev–Trinajstić information content (AvgIpc) is 2.69. The SMILES string of the molecule is CC(C(N)=O)c1cc(F)c(P)c(F)c1.Cc1c(Nc2ccncc2)c(=O)c1=O. The number of nitrogens with zero attached hydrogens (tertiary/aromatic N) is 1. The molecule has 1 heterocycles. The zero-order valence-electron chi connectivity index (χ0n) is 15.1. The Kier molecular flexibility index (Phi) is 6.70. The average molecular weight is 405 g/mol. The Morgan fingerprint density at radius 3 is 2.14 bits per heavy atom. The first kappa shape index (κ1) is 21.3. The minimum absolute atomic E-state index is 0.134. The van der Waals surface area contributed by atoms with E-state index in [0.717, 1.165) is 17.8 Å². The molecule has 2 unspecified atom stereocenters. The van der Waals surface area contributed by atoms with E-state index in [1.165, 1.54) is 6.92 Å². The largest absolute Gasteiger partial charge is 0.369 e. The number of primary amides is 1. The van der Waals surface area contributed by atoms with Gasteiger partial charge in [0.1, 0.15) is 11.6 Å². The van der Waals surface area contributed by atoms with E-state index in [9.17, 15) is 23.2 Å². The molecule has 0 spiro atoms. The van der Waals surface area contributed by atoms with E-state index in [1.807, 2.05) is 9.24 Å². The van der Waals surface area contributed by atoms with Crippen LogP contribution in [0.4, 0.5) is 20.2 Å². The van der Waals surface area contributed by atoms with Gasteiger partial charge in [0.05, 0.1) is 11.6 Å². The summed E-state index contributed by atoms with van der Waals surface area (Å²) in [7, 11) is 1.96. The van der Waals surface area contributed by atoms with Gasteiger partial charge in [-0.2, -0.15) is 0 Å². The maximum atomic E-state index is 13.1. The minimum atomic E-state index is -0.696. The van der Waals surface area contributed by atoms with Gasteiger partial charge in [0.2, 0.25) is 16.8 Å². The first-order valence-corrected chi connectivity index (χ1v) is 8.71. The molecule has 6 nitrogen and oxygen atoms in total. The predicted octanol–water partition coefficient (Wildman–Crippen LogP) is 1.78. The third-order valence-corrected chi connectivity index (χ3v) is 4.68. The van der Waals surface area contributed by atoms with Crippen LogP contribution in [0.5, 0.6) is 0 Å². The Morgan fingerprint density at radius 2 is 1.68 bits per heavy atom. The lowest BCUT2D eigenvalue weighted by Gasteiger charge is -2.09. The molecule has 0 radical (unpaired) electrons. The van der Waals surface area contributed by atoms with Gasteiger partial charge >= 0.3 is 0 Å². The molecule has 3 rings (SSSR count). The molecular formula is C19H18F2N3O3P. The van der Waals surface area contributed by atoms with Crippen molar-refractivity contribution in [2.24, 2.45) is 5.73 Å². The number of hydrogen-bond donors (Lipinski definition) is 2. The monoisotopic (exact) mass is 405 g/mol. The Bertz CT molecular complexity index is 1060. The summed E-state index contributed by atoms with van der Waals surface area (Å²) in [6, 6.07) is 5.69. The lowest BCUT2D eigenvalue weighted by molar-refractivity contribution is -0.119. The maximum Gasteiger partial charge on any atom is 0.249 e. The fourth-order valence-electron chi connectivity index (χ4n) is 2.25. The van der Waals surface area contributed by atoms with Crippen molar-refractivity contribution in [2.75, 3.05) is 5.32 Å². The van der Waals surface area contributed by atoms with Crippen LogP contribution in [-0.4, -0.2) is 10.9 Å². The van der Waals surface area contributed by atoms with Gasteiger partial charge < -0.3 is 11.1 Å². The number of rotatable bonds is 4. The van der Waals surface area contributed by atoms with Gasteiger partial charge in [-0.3, -0.25) is 19.4 Å². The third-order valence-electron chi connectivity index (χ3n) is 4.13. The zero-order chi connectivity index (χ0) is 21.0. The normalized spacial score (nSPS) is 11.5. The molecule has 0 aliphatic carbocycles. The van der Waals surface area contributed by atoms with Gasteiger partial charge in [-0.05, 0) is 43.7 Å². The molecule has 28 heavy (non-hydrogen) atoms. The number of pyridine rings is 1. The zero-order valence-corrected chi connectivity index (χ0v) is 16.3. The van der Waals surface area contributed by atoms with Crippen molar-refractivity contribution in [3.8, 4) is 0 Å².